The summed E-state index contributed by atoms with van der Waals surface area (Å²) in [7, 11) is -3.86. The minimum Gasteiger partial charge on any atom is -0.478 e. The highest BCUT2D eigenvalue weighted by Crippen LogP contribution is 2.20. The predicted octanol–water partition coefficient (Wildman–Crippen LogP) is 2.24. The zero-order valence-electron chi connectivity index (χ0n) is 11.6. The Labute approximate surface area is 117 Å². The van der Waals surface area contributed by atoms with E-state index in [1.54, 1.807) is 0 Å². The monoisotopic (exact) mass is 303 g/mol. The van der Waals surface area contributed by atoms with Crippen molar-refractivity contribution >= 4 is 16.0 Å². The second-order valence-corrected chi connectivity index (χ2v) is 7.06. The standard InChI is InChI=1S/C13H18FNO4S/c1-4-13(2,3)8-15-20(18,19)9-5-6-11(14)10(7-9)12(16)17/h5-7,15H,4,8H2,1-3H3,(H,16,17). The number of nitrogens with one attached hydrogen (secondary N) is 1. The molecule has 0 heterocycles. The minimum atomic E-state index is -3.86. The van der Waals surface area contributed by atoms with E-state index >= 15 is 0 Å². The van der Waals surface area contributed by atoms with Crippen molar-refractivity contribution in [2.24, 2.45) is 5.41 Å². The van der Waals surface area contributed by atoms with Gasteiger partial charge >= 0.3 is 5.97 Å². The van der Waals surface area contributed by atoms with Gasteiger partial charge in [0.1, 0.15) is 5.82 Å². The molecule has 0 amide bonds. The molecule has 0 aliphatic carbocycles. The Balaban J connectivity index is 3.05. The number of sulfonamides is 1. The average molecular weight is 303 g/mol. The van der Waals surface area contributed by atoms with Gasteiger partial charge in [0.15, 0.2) is 0 Å². The maximum Gasteiger partial charge on any atom is 0.338 e. The molecule has 0 aromatic heterocycles. The molecule has 0 radical (unpaired) electrons. The number of hydrogen-bond acceptors (Lipinski definition) is 3. The van der Waals surface area contributed by atoms with Gasteiger partial charge in [-0.1, -0.05) is 20.8 Å². The summed E-state index contributed by atoms with van der Waals surface area (Å²) in [6, 6.07) is 2.70. The van der Waals surface area contributed by atoms with Gasteiger partial charge in [0, 0.05) is 6.54 Å². The van der Waals surface area contributed by atoms with Crippen LogP contribution in [-0.4, -0.2) is 26.0 Å². The Bertz CT molecular complexity index is 611. The summed E-state index contributed by atoms with van der Waals surface area (Å²) in [4.78, 5) is 10.5. The molecule has 0 unspecified atom stereocenters. The molecule has 0 saturated heterocycles. The summed E-state index contributed by atoms with van der Waals surface area (Å²) in [5.74, 6) is -2.47. The van der Waals surface area contributed by atoms with E-state index in [1.807, 2.05) is 20.8 Å². The average Bonchev–Trinajstić information content (AvgIpc) is 2.36. The molecule has 0 fully saturated rings. The van der Waals surface area contributed by atoms with Crippen LogP contribution in [0, 0.1) is 11.2 Å². The van der Waals surface area contributed by atoms with Crippen molar-refractivity contribution in [1.82, 2.24) is 4.72 Å². The van der Waals surface area contributed by atoms with E-state index in [-0.39, 0.29) is 16.9 Å². The first-order chi connectivity index (χ1) is 9.09. The van der Waals surface area contributed by atoms with Crippen molar-refractivity contribution in [3.63, 3.8) is 0 Å². The molecule has 0 aliphatic rings. The van der Waals surface area contributed by atoms with Crippen molar-refractivity contribution in [3.8, 4) is 0 Å². The van der Waals surface area contributed by atoms with Crippen molar-refractivity contribution < 1.29 is 22.7 Å². The van der Waals surface area contributed by atoms with E-state index in [0.717, 1.165) is 24.6 Å². The topological polar surface area (TPSA) is 83.5 Å². The number of carbonyl (C=O) groups is 1. The lowest BCUT2D eigenvalue weighted by atomic mass is 9.91. The lowest BCUT2D eigenvalue weighted by Crippen LogP contribution is -2.33. The fourth-order valence-corrected chi connectivity index (χ4v) is 2.60. The summed E-state index contributed by atoms with van der Waals surface area (Å²) in [6.45, 7) is 5.96. The molecule has 0 bridgehead atoms. The van der Waals surface area contributed by atoms with Gasteiger partial charge in [-0.05, 0) is 30.0 Å². The zero-order valence-corrected chi connectivity index (χ0v) is 12.4. The highest BCUT2D eigenvalue weighted by Gasteiger charge is 2.22. The molecule has 7 heteroatoms. The van der Waals surface area contributed by atoms with E-state index in [1.165, 1.54) is 0 Å². The van der Waals surface area contributed by atoms with Crippen LogP contribution in [0.1, 0.15) is 37.6 Å². The quantitative estimate of drug-likeness (QED) is 0.844. The Morgan fingerprint density at radius 3 is 2.50 bits per heavy atom. The number of carboxylic acids is 1. The lowest BCUT2D eigenvalue weighted by Gasteiger charge is -2.22. The van der Waals surface area contributed by atoms with Crippen LogP contribution in [0.3, 0.4) is 0 Å². The van der Waals surface area contributed by atoms with Crippen LogP contribution in [-0.2, 0) is 10.0 Å². The van der Waals surface area contributed by atoms with Crippen LogP contribution in [0.15, 0.2) is 23.1 Å². The smallest absolute Gasteiger partial charge is 0.338 e. The Morgan fingerprint density at radius 1 is 1.40 bits per heavy atom. The van der Waals surface area contributed by atoms with Crippen LogP contribution in [0.25, 0.3) is 0 Å². The maximum absolute atomic E-state index is 13.2. The molecule has 0 atom stereocenters. The number of halogens is 1. The second-order valence-electron chi connectivity index (χ2n) is 5.29. The van der Waals surface area contributed by atoms with Crippen molar-refractivity contribution in [2.45, 2.75) is 32.1 Å². The summed E-state index contributed by atoms with van der Waals surface area (Å²) in [6.07, 6.45) is 0.777. The van der Waals surface area contributed by atoms with E-state index in [0.29, 0.717) is 0 Å². The SMILES string of the molecule is CCC(C)(C)CNS(=O)(=O)c1ccc(F)c(C(=O)O)c1. The molecule has 20 heavy (non-hydrogen) atoms. The van der Waals surface area contributed by atoms with Gasteiger partial charge in [-0.3, -0.25) is 0 Å². The molecule has 1 rings (SSSR count). The van der Waals surface area contributed by atoms with Gasteiger partial charge in [0.25, 0.3) is 0 Å². The Morgan fingerprint density at radius 2 is 2.00 bits per heavy atom. The molecule has 1 aromatic rings. The van der Waals surface area contributed by atoms with E-state index in [4.69, 9.17) is 5.11 Å². The van der Waals surface area contributed by atoms with Gasteiger partial charge < -0.3 is 5.11 Å². The number of rotatable bonds is 6. The van der Waals surface area contributed by atoms with E-state index < -0.39 is 27.4 Å². The Hall–Kier alpha value is -1.47. The number of hydrogen-bond donors (Lipinski definition) is 2. The molecule has 0 spiro atoms. The van der Waals surface area contributed by atoms with E-state index in [2.05, 4.69) is 4.72 Å². The van der Waals surface area contributed by atoms with Crippen molar-refractivity contribution in [2.75, 3.05) is 6.54 Å². The molecule has 0 saturated carbocycles. The van der Waals surface area contributed by atoms with Gasteiger partial charge in [-0.2, -0.15) is 0 Å². The van der Waals surface area contributed by atoms with Crippen LogP contribution in [0.4, 0.5) is 4.39 Å². The maximum atomic E-state index is 13.2. The lowest BCUT2D eigenvalue weighted by molar-refractivity contribution is 0.0691. The molecule has 5 nitrogen and oxygen atoms in total. The van der Waals surface area contributed by atoms with Gasteiger partial charge in [0.05, 0.1) is 10.5 Å². The number of aromatic carboxylic acids is 1. The summed E-state index contributed by atoms with van der Waals surface area (Å²) in [5, 5.41) is 8.80. The highest BCUT2D eigenvalue weighted by molar-refractivity contribution is 7.89. The fraction of sp³-hybridized carbons (Fsp3) is 0.462. The second kappa shape index (κ2) is 5.88. The normalized spacial score (nSPS) is 12.4. The Kier molecular flexibility index (Phi) is 4.88. The molecule has 2 N–H and O–H groups in total. The van der Waals surface area contributed by atoms with Crippen LogP contribution < -0.4 is 4.72 Å². The first-order valence-electron chi connectivity index (χ1n) is 6.11. The largest absolute Gasteiger partial charge is 0.478 e. The molecular weight excluding hydrogens is 285 g/mol. The summed E-state index contributed by atoms with van der Waals surface area (Å²) < 4.78 is 39.8. The first-order valence-corrected chi connectivity index (χ1v) is 7.60. The van der Waals surface area contributed by atoms with Crippen molar-refractivity contribution in [1.29, 1.82) is 0 Å². The van der Waals surface area contributed by atoms with Crippen LogP contribution >= 0.6 is 0 Å². The van der Waals surface area contributed by atoms with Gasteiger partial charge in [0.2, 0.25) is 10.0 Å². The third-order valence-electron chi connectivity index (χ3n) is 3.18. The zero-order chi connectivity index (χ0) is 15.6. The fourth-order valence-electron chi connectivity index (χ4n) is 1.33. The number of benzene rings is 1. The third kappa shape index (κ3) is 4.01. The summed E-state index contributed by atoms with van der Waals surface area (Å²) >= 11 is 0. The number of carboxylic acid groups (broad SMARTS) is 1. The molecular formula is C13H18FNO4S. The third-order valence-corrected chi connectivity index (χ3v) is 4.58. The molecule has 0 aliphatic heterocycles. The van der Waals surface area contributed by atoms with Crippen molar-refractivity contribution in [3.05, 3.63) is 29.6 Å². The first kappa shape index (κ1) is 16.6. The van der Waals surface area contributed by atoms with E-state index in [9.17, 15) is 17.6 Å². The molecule has 1 aromatic carbocycles. The molecule has 112 valence electrons. The highest BCUT2D eigenvalue weighted by atomic mass is 32.2. The van der Waals surface area contributed by atoms with Gasteiger partial charge in [-0.25, -0.2) is 22.3 Å². The predicted molar refractivity (Wildman–Crippen MR) is 72.6 cm³/mol. The van der Waals surface area contributed by atoms with Crippen LogP contribution in [0.2, 0.25) is 0 Å². The summed E-state index contributed by atoms with van der Waals surface area (Å²) in [5.41, 5.74) is -0.884. The van der Waals surface area contributed by atoms with Gasteiger partial charge in [-0.15, -0.1) is 0 Å². The minimum absolute atomic E-state index is 0.214. The van der Waals surface area contributed by atoms with Crippen LogP contribution in [0.5, 0.6) is 0 Å².